The third kappa shape index (κ3) is 2.26. The van der Waals surface area contributed by atoms with E-state index < -0.39 is 10.1 Å². The third-order valence-corrected chi connectivity index (χ3v) is 1.87. The lowest BCUT2D eigenvalue weighted by Gasteiger charge is -2.27. The van der Waals surface area contributed by atoms with Gasteiger partial charge in [-0.05, 0) is 6.92 Å². The molecule has 0 radical (unpaired) electrons. The Labute approximate surface area is 63.3 Å². The van der Waals surface area contributed by atoms with E-state index in [4.69, 9.17) is 34.7 Å². The van der Waals surface area contributed by atoms with Crippen molar-refractivity contribution < 1.29 is 4.39 Å². The molecule has 0 heterocycles. The minimum Gasteiger partial charge on any atom is -0.327 e. The monoisotopic (exact) mass is 174 g/mol. The van der Waals surface area contributed by atoms with E-state index in [9.17, 15) is 4.39 Å². The van der Waals surface area contributed by atoms with Crippen LogP contribution in [0.4, 0.5) is 4.39 Å². The maximum absolute atomic E-state index is 12.8. The molecule has 0 aromatic heterocycles. The molecule has 0 fully saturated rings. The van der Waals surface area contributed by atoms with Crippen LogP contribution in [0.5, 0.6) is 0 Å². The molecule has 0 aliphatic carbocycles. The highest BCUT2D eigenvalue weighted by molar-refractivity contribution is 6.48. The standard InChI is InChI=1S/C4H9Cl2FN2/c1-3(7,2-8)4(5,6)9/h2,8-9H2,1H3. The summed E-state index contributed by atoms with van der Waals surface area (Å²) in [5.74, 6) is 0. The molecule has 5 heteroatoms. The highest BCUT2D eigenvalue weighted by Gasteiger charge is 2.42. The number of nitrogens with two attached hydrogens (primary N) is 2. The highest BCUT2D eigenvalue weighted by atomic mass is 35.5. The molecular weight excluding hydrogens is 166 g/mol. The zero-order chi connectivity index (χ0) is 7.71. The van der Waals surface area contributed by atoms with Crippen LogP contribution in [0.15, 0.2) is 0 Å². The molecule has 1 atom stereocenters. The fourth-order valence-corrected chi connectivity index (χ4v) is 0.290. The van der Waals surface area contributed by atoms with Gasteiger partial charge in [-0.3, -0.25) is 5.73 Å². The summed E-state index contributed by atoms with van der Waals surface area (Å²) in [5, 5.41) is 0. The second-order valence-corrected chi connectivity index (χ2v) is 3.41. The van der Waals surface area contributed by atoms with E-state index in [0.717, 1.165) is 6.92 Å². The molecule has 0 aliphatic heterocycles. The summed E-state index contributed by atoms with van der Waals surface area (Å²) in [6.07, 6.45) is 0. The SMILES string of the molecule is CC(F)(CN)C(N)(Cl)Cl. The molecule has 0 saturated heterocycles. The molecule has 0 aromatic rings. The minimum absolute atomic E-state index is 0.295. The Morgan fingerprint density at radius 2 is 1.89 bits per heavy atom. The molecule has 1 unspecified atom stereocenters. The first-order valence-electron chi connectivity index (χ1n) is 2.37. The summed E-state index contributed by atoms with van der Waals surface area (Å²) in [5.41, 5.74) is 8.03. The van der Waals surface area contributed by atoms with Gasteiger partial charge in [0.2, 0.25) is 4.46 Å². The molecule has 9 heavy (non-hydrogen) atoms. The van der Waals surface area contributed by atoms with Crippen LogP contribution in [0.3, 0.4) is 0 Å². The Bertz CT molecular complexity index is 99.2. The van der Waals surface area contributed by atoms with Gasteiger partial charge in [-0.25, -0.2) is 4.39 Å². The summed E-state index contributed by atoms with van der Waals surface area (Å²) in [7, 11) is 0. The van der Waals surface area contributed by atoms with E-state index in [0.29, 0.717) is 0 Å². The van der Waals surface area contributed by atoms with Crippen LogP contribution in [-0.4, -0.2) is 16.7 Å². The van der Waals surface area contributed by atoms with Gasteiger partial charge in [0.05, 0.1) is 0 Å². The average molecular weight is 175 g/mol. The molecule has 0 rings (SSSR count). The Balaban J connectivity index is 4.14. The van der Waals surface area contributed by atoms with Crippen molar-refractivity contribution in [3.63, 3.8) is 0 Å². The van der Waals surface area contributed by atoms with E-state index >= 15 is 0 Å². The van der Waals surface area contributed by atoms with E-state index in [2.05, 4.69) is 0 Å². The summed E-state index contributed by atoms with van der Waals surface area (Å²) < 4.78 is 10.9. The summed E-state index contributed by atoms with van der Waals surface area (Å²) in [6, 6.07) is 0. The first-order valence-corrected chi connectivity index (χ1v) is 3.12. The topological polar surface area (TPSA) is 52.0 Å². The molecule has 0 aliphatic rings. The van der Waals surface area contributed by atoms with E-state index in [1.165, 1.54) is 0 Å². The molecule has 0 aromatic carbocycles. The molecule has 2 nitrogen and oxygen atoms in total. The van der Waals surface area contributed by atoms with Crippen LogP contribution < -0.4 is 11.5 Å². The van der Waals surface area contributed by atoms with Crippen LogP contribution in [0.1, 0.15) is 6.92 Å². The Morgan fingerprint density at radius 1 is 1.56 bits per heavy atom. The molecule has 0 bridgehead atoms. The van der Waals surface area contributed by atoms with Crippen molar-refractivity contribution in [2.45, 2.75) is 17.0 Å². The average Bonchev–Trinajstić information content (AvgIpc) is 1.64. The quantitative estimate of drug-likeness (QED) is 0.480. The van der Waals surface area contributed by atoms with Crippen molar-refractivity contribution in [2.24, 2.45) is 11.5 Å². The Morgan fingerprint density at radius 3 is 1.89 bits per heavy atom. The van der Waals surface area contributed by atoms with E-state index in [1.54, 1.807) is 0 Å². The Hall–Kier alpha value is 0.430. The van der Waals surface area contributed by atoms with Crippen molar-refractivity contribution in [1.82, 2.24) is 0 Å². The molecule has 0 saturated carbocycles. The zero-order valence-electron chi connectivity index (χ0n) is 5.00. The third-order valence-electron chi connectivity index (χ3n) is 1.08. The lowest BCUT2D eigenvalue weighted by Crippen LogP contribution is -2.51. The van der Waals surface area contributed by atoms with Crippen LogP contribution >= 0.6 is 23.2 Å². The second kappa shape index (κ2) is 2.58. The van der Waals surface area contributed by atoms with Gasteiger partial charge in [0, 0.05) is 6.54 Å². The smallest absolute Gasteiger partial charge is 0.201 e. The van der Waals surface area contributed by atoms with Crippen molar-refractivity contribution in [3.05, 3.63) is 0 Å². The molecule has 0 amide bonds. The maximum Gasteiger partial charge on any atom is 0.201 e. The van der Waals surface area contributed by atoms with Gasteiger partial charge in [0.1, 0.15) is 0 Å². The number of rotatable bonds is 2. The fourth-order valence-electron chi connectivity index (χ4n) is 0.136. The zero-order valence-corrected chi connectivity index (χ0v) is 6.51. The van der Waals surface area contributed by atoms with Gasteiger partial charge >= 0.3 is 0 Å². The molecular formula is C4H9Cl2FN2. The lowest BCUT2D eigenvalue weighted by molar-refractivity contribution is 0.176. The highest BCUT2D eigenvalue weighted by Crippen LogP contribution is 2.30. The molecule has 56 valence electrons. The number of hydrogen-bond donors (Lipinski definition) is 2. The number of halogens is 3. The van der Waals surface area contributed by atoms with Crippen LogP contribution in [0.25, 0.3) is 0 Å². The minimum atomic E-state index is -1.93. The van der Waals surface area contributed by atoms with E-state index in [-0.39, 0.29) is 6.54 Å². The van der Waals surface area contributed by atoms with Gasteiger partial charge in [0.15, 0.2) is 5.67 Å². The summed E-state index contributed by atoms with van der Waals surface area (Å²) in [6.45, 7) is 0.851. The van der Waals surface area contributed by atoms with Crippen molar-refractivity contribution in [3.8, 4) is 0 Å². The maximum atomic E-state index is 12.8. The van der Waals surface area contributed by atoms with Crippen molar-refractivity contribution in [1.29, 1.82) is 0 Å². The first kappa shape index (κ1) is 9.43. The summed E-state index contributed by atoms with van der Waals surface area (Å²) in [4.78, 5) is 0. The fraction of sp³-hybridized carbons (Fsp3) is 1.00. The van der Waals surface area contributed by atoms with Crippen molar-refractivity contribution in [2.75, 3.05) is 6.54 Å². The van der Waals surface area contributed by atoms with Crippen molar-refractivity contribution >= 4 is 23.2 Å². The van der Waals surface area contributed by atoms with E-state index in [1.807, 2.05) is 0 Å². The predicted molar refractivity (Wildman–Crippen MR) is 37.2 cm³/mol. The van der Waals surface area contributed by atoms with Gasteiger partial charge < -0.3 is 5.73 Å². The van der Waals surface area contributed by atoms with Crippen LogP contribution in [0.2, 0.25) is 0 Å². The van der Waals surface area contributed by atoms with Crippen LogP contribution in [-0.2, 0) is 0 Å². The normalized spacial score (nSPS) is 19.3. The molecule has 4 N–H and O–H groups in total. The predicted octanol–water partition coefficient (Wildman–Crippen LogP) is 0.763. The van der Waals surface area contributed by atoms with Gasteiger partial charge in [-0.1, -0.05) is 23.2 Å². The van der Waals surface area contributed by atoms with Gasteiger partial charge in [0.25, 0.3) is 0 Å². The first-order chi connectivity index (χ1) is 3.81. The van der Waals surface area contributed by atoms with Gasteiger partial charge in [-0.15, -0.1) is 0 Å². The summed E-state index contributed by atoms with van der Waals surface area (Å²) >= 11 is 10.4. The van der Waals surface area contributed by atoms with Crippen LogP contribution in [0, 0.1) is 0 Å². The lowest BCUT2D eigenvalue weighted by atomic mass is 10.1. The Kier molecular flexibility index (Phi) is 2.70. The number of hydrogen-bond acceptors (Lipinski definition) is 2. The van der Waals surface area contributed by atoms with Gasteiger partial charge in [-0.2, -0.15) is 0 Å². The molecule has 0 spiro atoms. The second-order valence-electron chi connectivity index (χ2n) is 2.02. The largest absolute Gasteiger partial charge is 0.327 e. The number of alkyl halides is 3.